The van der Waals surface area contributed by atoms with Crippen LogP contribution in [-0.4, -0.2) is 0 Å². The molecule has 0 unspecified atom stereocenters. The smallest absolute Gasteiger partial charge is 0.0998 e. The van der Waals surface area contributed by atoms with E-state index in [0.717, 1.165) is 0 Å². The fraction of sp³-hybridized carbons (Fsp3) is 0. The molecule has 0 amide bonds. The maximum Gasteiger partial charge on any atom is 0.0998 e. The minimum atomic E-state index is 0.557. The zero-order valence-electron chi connectivity index (χ0n) is 5.20. The lowest BCUT2D eigenvalue weighted by Gasteiger charge is -1.86. The molecule has 0 bridgehead atoms. The Morgan fingerprint density at radius 2 is 2.20 bits per heavy atom. The van der Waals surface area contributed by atoms with Crippen LogP contribution in [0, 0.1) is 22.7 Å². The first kappa shape index (κ1) is 6.32. The molecule has 2 nitrogen and oxygen atoms in total. The third-order valence-electron chi connectivity index (χ3n) is 1.19. The summed E-state index contributed by atoms with van der Waals surface area (Å²) in [5.41, 5.74) is 1.26. The van der Waals surface area contributed by atoms with E-state index in [9.17, 15) is 0 Å². The summed E-state index contributed by atoms with van der Waals surface area (Å²) in [4.78, 5) is 0. The van der Waals surface area contributed by atoms with Crippen molar-refractivity contribution >= 4 is 0 Å². The van der Waals surface area contributed by atoms with Crippen LogP contribution in [0.3, 0.4) is 0 Å². The van der Waals surface area contributed by atoms with E-state index in [4.69, 9.17) is 10.5 Å². The quantitative estimate of drug-likeness (QED) is 0.463. The van der Waals surface area contributed by atoms with Crippen molar-refractivity contribution in [3.05, 3.63) is 35.5 Å². The molecule has 1 aliphatic carbocycles. The summed E-state index contributed by atoms with van der Waals surface area (Å²) in [5.74, 6) is 0. The Labute approximate surface area is 59.0 Å². The van der Waals surface area contributed by atoms with Gasteiger partial charge in [-0.05, 0) is 6.08 Å². The molecule has 0 spiro atoms. The summed E-state index contributed by atoms with van der Waals surface area (Å²) in [5, 5.41) is 16.7. The second kappa shape index (κ2) is 2.66. The van der Waals surface area contributed by atoms with Crippen LogP contribution in [0.2, 0.25) is 0 Å². The van der Waals surface area contributed by atoms with Gasteiger partial charge in [-0.3, -0.25) is 0 Å². The molecular formula is C8H4N2. The fourth-order valence-electron chi connectivity index (χ4n) is 0.731. The number of hydrogen-bond acceptors (Lipinski definition) is 2. The van der Waals surface area contributed by atoms with Gasteiger partial charge in [0.15, 0.2) is 0 Å². The van der Waals surface area contributed by atoms with E-state index in [0.29, 0.717) is 11.1 Å². The first-order chi connectivity index (χ1) is 4.88. The Morgan fingerprint density at radius 3 is 2.80 bits per heavy atom. The van der Waals surface area contributed by atoms with Crippen molar-refractivity contribution in [2.24, 2.45) is 0 Å². The number of rotatable bonds is 0. The van der Waals surface area contributed by atoms with Crippen LogP contribution in [0.1, 0.15) is 0 Å². The van der Waals surface area contributed by atoms with Gasteiger partial charge >= 0.3 is 0 Å². The maximum absolute atomic E-state index is 8.45. The molecule has 46 valence electrons. The molecule has 0 atom stereocenters. The predicted molar refractivity (Wildman–Crippen MR) is 36.5 cm³/mol. The molecule has 0 aliphatic heterocycles. The number of nitrogens with zero attached hydrogens (tertiary/aromatic N) is 2. The molecule has 10 heavy (non-hydrogen) atoms. The minimum absolute atomic E-state index is 0.557. The van der Waals surface area contributed by atoms with Crippen LogP contribution >= 0.6 is 0 Å². The van der Waals surface area contributed by atoms with Crippen LogP contribution in [0.15, 0.2) is 35.5 Å². The highest BCUT2D eigenvalue weighted by Crippen LogP contribution is 2.16. The van der Waals surface area contributed by atoms with Gasteiger partial charge in [0, 0.05) is 11.6 Å². The van der Waals surface area contributed by atoms with Crippen molar-refractivity contribution in [3.63, 3.8) is 0 Å². The molecule has 0 radical (unpaired) electrons. The Bertz CT molecular complexity index is 305. The largest absolute Gasteiger partial charge is 0.193 e. The molecule has 0 N–H and O–H groups in total. The fourth-order valence-corrected chi connectivity index (χ4v) is 0.731. The normalized spacial score (nSPS) is 18.2. The molecule has 1 aliphatic rings. The Morgan fingerprint density at radius 1 is 1.40 bits per heavy atom. The van der Waals surface area contributed by atoms with E-state index in [1.165, 1.54) is 6.08 Å². The van der Waals surface area contributed by atoms with Gasteiger partial charge in [0.2, 0.25) is 0 Å². The van der Waals surface area contributed by atoms with Crippen molar-refractivity contribution in [1.29, 1.82) is 10.5 Å². The third kappa shape index (κ3) is 0.962. The average molecular weight is 128 g/mol. The SMILES string of the molecule is N#CC=C1C=CC=C1C#N. The van der Waals surface area contributed by atoms with Gasteiger partial charge in [-0.1, -0.05) is 12.2 Å². The number of hydrogen-bond donors (Lipinski definition) is 0. The molecule has 0 aromatic rings. The molecule has 0 saturated heterocycles. The monoisotopic (exact) mass is 128 g/mol. The first-order valence-electron chi connectivity index (χ1n) is 2.77. The van der Waals surface area contributed by atoms with Gasteiger partial charge in [0.25, 0.3) is 0 Å². The van der Waals surface area contributed by atoms with E-state index in [1.807, 2.05) is 12.1 Å². The second-order valence-electron chi connectivity index (χ2n) is 1.78. The molecular weight excluding hydrogens is 124 g/mol. The van der Waals surface area contributed by atoms with Crippen molar-refractivity contribution in [2.45, 2.75) is 0 Å². The van der Waals surface area contributed by atoms with Gasteiger partial charge in [0.1, 0.15) is 0 Å². The third-order valence-corrected chi connectivity index (χ3v) is 1.19. The zero-order valence-corrected chi connectivity index (χ0v) is 5.20. The molecule has 0 heterocycles. The number of allylic oxidation sites excluding steroid dienone is 6. The maximum atomic E-state index is 8.45. The van der Waals surface area contributed by atoms with Crippen molar-refractivity contribution < 1.29 is 0 Å². The summed E-state index contributed by atoms with van der Waals surface area (Å²) in [7, 11) is 0. The predicted octanol–water partition coefficient (Wildman–Crippen LogP) is 1.46. The number of nitriles is 2. The summed E-state index contributed by atoms with van der Waals surface area (Å²) < 4.78 is 0. The van der Waals surface area contributed by atoms with E-state index >= 15 is 0 Å². The van der Waals surface area contributed by atoms with E-state index < -0.39 is 0 Å². The zero-order chi connectivity index (χ0) is 7.40. The van der Waals surface area contributed by atoms with Gasteiger partial charge in [-0.25, -0.2) is 0 Å². The molecule has 2 heteroatoms. The minimum Gasteiger partial charge on any atom is -0.193 e. The van der Waals surface area contributed by atoms with Crippen molar-refractivity contribution in [3.8, 4) is 12.1 Å². The molecule has 0 saturated carbocycles. The van der Waals surface area contributed by atoms with Crippen LogP contribution in [0.5, 0.6) is 0 Å². The summed E-state index contributed by atoms with van der Waals surface area (Å²) in [6.07, 6.45) is 6.53. The standard InChI is InChI=1S/C8H4N2/c9-5-4-7-2-1-3-8(7)6-10/h1-4H. The van der Waals surface area contributed by atoms with Crippen LogP contribution < -0.4 is 0 Å². The Hall–Kier alpha value is -1.80. The van der Waals surface area contributed by atoms with Gasteiger partial charge in [0.05, 0.1) is 17.7 Å². The second-order valence-corrected chi connectivity index (χ2v) is 1.78. The van der Waals surface area contributed by atoms with E-state index in [1.54, 1.807) is 18.2 Å². The molecule has 0 aromatic carbocycles. The van der Waals surface area contributed by atoms with Crippen molar-refractivity contribution in [1.82, 2.24) is 0 Å². The Kier molecular flexibility index (Phi) is 1.68. The van der Waals surface area contributed by atoms with Gasteiger partial charge in [-0.2, -0.15) is 10.5 Å². The topological polar surface area (TPSA) is 47.6 Å². The Balaban J connectivity index is 2.97. The lowest BCUT2D eigenvalue weighted by molar-refractivity contribution is 1.47. The lowest BCUT2D eigenvalue weighted by Crippen LogP contribution is -1.75. The van der Waals surface area contributed by atoms with Crippen LogP contribution in [0.25, 0.3) is 0 Å². The molecule has 0 fully saturated rings. The van der Waals surface area contributed by atoms with Crippen molar-refractivity contribution in [2.75, 3.05) is 0 Å². The highest BCUT2D eigenvalue weighted by Gasteiger charge is 2.03. The lowest BCUT2D eigenvalue weighted by atomic mass is 10.1. The first-order valence-corrected chi connectivity index (χ1v) is 2.77. The van der Waals surface area contributed by atoms with E-state index in [2.05, 4.69) is 0 Å². The summed E-state index contributed by atoms with van der Waals surface area (Å²) >= 11 is 0. The van der Waals surface area contributed by atoms with E-state index in [-0.39, 0.29) is 0 Å². The van der Waals surface area contributed by atoms with Crippen LogP contribution in [-0.2, 0) is 0 Å². The summed E-state index contributed by atoms with van der Waals surface area (Å²) in [6.45, 7) is 0. The molecule has 1 rings (SSSR count). The highest BCUT2D eigenvalue weighted by atomic mass is 14.3. The van der Waals surface area contributed by atoms with Gasteiger partial charge in [-0.15, -0.1) is 0 Å². The summed E-state index contributed by atoms with van der Waals surface area (Å²) in [6, 6.07) is 3.85. The average Bonchev–Trinajstić information content (AvgIpc) is 2.36. The van der Waals surface area contributed by atoms with Crippen LogP contribution in [0.4, 0.5) is 0 Å². The van der Waals surface area contributed by atoms with Gasteiger partial charge < -0.3 is 0 Å². The highest BCUT2D eigenvalue weighted by molar-refractivity contribution is 5.56. The molecule has 0 aromatic heterocycles.